The van der Waals surface area contributed by atoms with Gasteiger partial charge in [0, 0.05) is 44.0 Å². The Morgan fingerprint density at radius 2 is 0.812 bits per heavy atom. The van der Waals surface area contributed by atoms with Gasteiger partial charge in [-0.05, 0) is 105 Å². The standard InChI is InChI=1S/C60H37N3O/c1-2-16-38(17-3-1)62-52-26-11-9-23-47(52)49-25-14-29-55(60(49)62)63-53-27-12-8-22-46(53)48-35-33-40(37-56(48)63)61(54-28-15-31-58-59(54)50-24-10-13-30-57(50)64-58)39-32-34-45-43-20-5-4-18-41(43)42-19-6-7-21-44(42)51(45)36-39/h1-37H. The average Bonchev–Trinajstić information content (AvgIpc) is 4.03. The van der Waals surface area contributed by atoms with Crippen molar-refractivity contribution in [2.75, 3.05) is 4.90 Å². The van der Waals surface area contributed by atoms with Gasteiger partial charge in [-0.3, -0.25) is 0 Å². The first kappa shape index (κ1) is 35.0. The summed E-state index contributed by atoms with van der Waals surface area (Å²) in [7, 11) is 0. The lowest BCUT2D eigenvalue weighted by molar-refractivity contribution is 0.669. The van der Waals surface area contributed by atoms with Crippen molar-refractivity contribution < 1.29 is 4.42 Å². The molecule has 298 valence electrons. The first-order chi connectivity index (χ1) is 31.8. The van der Waals surface area contributed by atoms with Crippen LogP contribution in [0, 0.1) is 0 Å². The van der Waals surface area contributed by atoms with E-state index in [0.29, 0.717) is 0 Å². The molecule has 0 N–H and O–H groups in total. The maximum Gasteiger partial charge on any atom is 0.137 e. The molecule has 11 aromatic carbocycles. The van der Waals surface area contributed by atoms with Crippen LogP contribution in [0.2, 0.25) is 0 Å². The number of aromatic nitrogens is 2. The number of benzene rings is 11. The summed E-state index contributed by atoms with van der Waals surface area (Å²) in [4.78, 5) is 2.44. The zero-order valence-corrected chi connectivity index (χ0v) is 34.6. The molecule has 0 aliphatic heterocycles. The second kappa shape index (κ2) is 13.4. The Hall–Kier alpha value is -8.60. The van der Waals surface area contributed by atoms with Crippen molar-refractivity contribution in [1.29, 1.82) is 0 Å². The van der Waals surface area contributed by atoms with Crippen LogP contribution in [0.15, 0.2) is 229 Å². The van der Waals surface area contributed by atoms with Gasteiger partial charge in [-0.1, -0.05) is 152 Å². The summed E-state index contributed by atoms with van der Waals surface area (Å²) in [6.45, 7) is 0. The molecule has 0 unspecified atom stereocenters. The maximum absolute atomic E-state index is 6.56. The van der Waals surface area contributed by atoms with E-state index in [4.69, 9.17) is 4.42 Å². The third-order valence-electron chi connectivity index (χ3n) is 13.5. The molecule has 14 rings (SSSR count). The Balaban J connectivity index is 1.09. The second-order valence-corrected chi connectivity index (χ2v) is 16.8. The number of anilines is 3. The molecule has 3 heterocycles. The van der Waals surface area contributed by atoms with E-state index in [-0.39, 0.29) is 0 Å². The third kappa shape index (κ3) is 4.93. The van der Waals surface area contributed by atoms with Gasteiger partial charge in [0.1, 0.15) is 11.2 Å². The molecule has 14 aromatic rings. The van der Waals surface area contributed by atoms with E-state index in [1.165, 1.54) is 64.9 Å². The minimum absolute atomic E-state index is 0.858. The van der Waals surface area contributed by atoms with E-state index in [2.05, 4.69) is 232 Å². The lowest BCUT2D eigenvalue weighted by Crippen LogP contribution is -2.10. The third-order valence-corrected chi connectivity index (χ3v) is 13.5. The van der Waals surface area contributed by atoms with Gasteiger partial charge in [0.05, 0.1) is 38.8 Å². The summed E-state index contributed by atoms with van der Waals surface area (Å²) in [5, 5.41) is 14.5. The highest BCUT2D eigenvalue weighted by atomic mass is 16.3. The van der Waals surface area contributed by atoms with Crippen molar-refractivity contribution in [1.82, 2.24) is 9.13 Å². The van der Waals surface area contributed by atoms with Crippen LogP contribution in [-0.2, 0) is 0 Å². The number of rotatable bonds is 5. The smallest absolute Gasteiger partial charge is 0.137 e. The minimum atomic E-state index is 0.858. The van der Waals surface area contributed by atoms with Crippen LogP contribution in [0.5, 0.6) is 0 Å². The van der Waals surface area contributed by atoms with Crippen LogP contribution in [-0.4, -0.2) is 9.13 Å². The fraction of sp³-hybridized carbons (Fsp3) is 0. The molecule has 0 spiro atoms. The van der Waals surface area contributed by atoms with E-state index < -0.39 is 0 Å². The molecule has 0 amide bonds. The lowest BCUT2D eigenvalue weighted by Gasteiger charge is -2.27. The van der Waals surface area contributed by atoms with E-state index in [1.807, 2.05) is 6.07 Å². The summed E-state index contributed by atoms with van der Waals surface area (Å²) in [5.41, 5.74) is 11.8. The van der Waals surface area contributed by atoms with E-state index in [9.17, 15) is 0 Å². The fourth-order valence-electron chi connectivity index (χ4n) is 10.8. The van der Waals surface area contributed by atoms with Crippen LogP contribution in [0.25, 0.3) is 109 Å². The van der Waals surface area contributed by atoms with Crippen LogP contribution in [0.3, 0.4) is 0 Å². The minimum Gasteiger partial charge on any atom is -0.456 e. The largest absolute Gasteiger partial charge is 0.456 e. The summed E-state index contributed by atoms with van der Waals surface area (Å²) >= 11 is 0. The summed E-state index contributed by atoms with van der Waals surface area (Å²) in [6, 6.07) is 81.6. The SMILES string of the molecule is c1ccc(-n2c3ccccc3c3cccc(-n4c5ccccc5c5ccc(N(c6ccc7c8ccccc8c8ccccc8c7c6)c6cccc7oc8ccccc8c67)cc54)c32)cc1. The van der Waals surface area contributed by atoms with Crippen molar-refractivity contribution >= 4 is 115 Å². The highest BCUT2D eigenvalue weighted by Gasteiger charge is 2.24. The van der Waals surface area contributed by atoms with Crippen molar-refractivity contribution in [3.05, 3.63) is 224 Å². The molecule has 4 heteroatoms. The molecule has 64 heavy (non-hydrogen) atoms. The number of furan rings is 1. The van der Waals surface area contributed by atoms with Gasteiger partial charge < -0.3 is 18.5 Å². The van der Waals surface area contributed by atoms with Crippen LogP contribution < -0.4 is 4.90 Å². The Bertz CT molecular complexity index is 4170. The Morgan fingerprint density at radius 3 is 1.55 bits per heavy atom. The van der Waals surface area contributed by atoms with Crippen LogP contribution >= 0.6 is 0 Å². The monoisotopic (exact) mass is 815 g/mol. The number of hydrogen-bond acceptors (Lipinski definition) is 2. The molecule has 0 bridgehead atoms. The fourth-order valence-corrected chi connectivity index (χ4v) is 10.8. The maximum atomic E-state index is 6.56. The molecule has 0 saturated carbocycles. The zero-order valence-electron chi connectivity index (χ0n) is 34.6. The second-order valence-electron chi connectivity index (χ2n) is 16.8. The highest BCUT2D eigenvalue weighted by molar-refractivity contribution is 6.26. The van der Waals surface area contributed by atoms with Gasteiger partial charge in [0.2, 0.25) is 0 Å². The van der Waals surface area contributed by atoms with Crippen molar-refractivity contribution in [3.63, 3.8) is 0 Å². The van der Waals surface area contributed by atoms with Crippen molar-refractivity contribution in [3.8, 4) is 11.4 Å². The topological polar surface area (TPSA) is 26.2 Å². The quantitative estimate of drug-likeness (QED) is 0.162. The molecule has 0 saturated heterocycles. The molecule has 0 fully saturated rings. The molecule has 0 radical (unpaired) electrons. The molecule has 3 aromatic heterocycles. The number of fused-ring (bicyclic) bond motifs is 15. The van der Waals surface area contributed by atoms with Crippen LogP contribution in [0.1, 0.15) is 0 Å². The first-order valence-corrected chi connectivity index (χ1v) is 21.9. The van der Waals surface area contributed by atoms with Gasteiger partial charge in [-0.15, -0.1) is 0 Å². The lowest BCUT2D eigenvalue weighted by atomic mass is 9.94. The zero-order chi connectivity index (χ0) is 41.9. The Kier molecular flexibility index (Phi) is 7.36. The van der Waals surface area contributed by atoms with E-state index in [1.54, 1.807) is 0 Å². The van der Waals surface area contributed by atoms with Crippen molar-refractivity contribution in [2.24, 2.45) is 0 Å². The average molecular weight is 816 g/mol. The van der Waals surface area contributed by atoms with E-state index >= 15 is 0 Å². The highest BCUT2D eigenvalue weighted by Crippen LogP contribution is 2.47. The number of nitrogens with zero attached hydrogens (tertiary/aromatic N) is 3. The Labute approximate surface area is 367 Å². The Morgan fingerprint density at radius 1 is 0.312 bits per heavy atom. The van der Waals surface area contributed by atoms with Gasteiger partial charge >= 0.3 is 0 Å². The number of para-hydroxylation sites is 5. The van der Waals surface area contributed by atoms with Crippen LogP contribution in [0.4, 0.5) is 17.1 Å². The van der Waals surface area contributed by atoms with Gasteiger partial charge in [0.25, 0.3) is 0 Å². The molecule has 0 aliphatic carbocycles. The predicted molar refractivity (Wildman–Crippen MR) is 270 cm³/mol. The van der Waals surface area contributed by atoms with Gasteiger partial charge in [-0.25, -0.2) is 0 Å². The number of hydrogen-bond donors (Lipinski definition) is 0. The molecular formula is C60H37N3O. The molecular weight excluding hydrogens is 779 g/mol. The summed E-state index contributed by atoms with van der Waals surface area (Å²) in [6.07, 6.45) is 0. The predicted octanol–water partition coefficient (Wildman–Crippen LogP) is 16.7. The molecule has 0 aliphatic rings. The van der Waals surface area contributed by atoms with Crippen molar-refractivity contribution in [2.45, 2.75) is 0 Å². The molecule has 4 nitrogen and oxygen atoms in total. The summed E-state index contributed by atoms with van der Waals surface area (Å²) in [5.74, 6) is 0. The molecule has 0 atom stereocenters. The van der Waals surface area contributed by atoms with E-state index in [0.717, 1.165) is 61.4 Å². The first-order valence-electron chi connectivity index (χ1n) is 21.9. The summed E-state index contributed by atoms with van der Waals surface area (Å²) < 4.78 is 11.5. The van der Waals surface area contributed by atoms with Gasteiger partial charge in [0.15, 0.2) is 0 Å². The van der Waals surface area contributed by atoms with Gasteiger partial charge in [-0.2, -0.15) is 0 Å². The normalized spacial score (nSPS) is 12.1.